The van der Waals surface area contributed by atoms with Crippen LogP contribution >= 0.6 is 15.9 Å². The number of aromatic amines is 1. The molecule has 1 aromatic heterocycles. The van der Waals surface area contributed by atoms with E-state index >= 15 is 0 Å². The molecule has 5 heteroatoms. The smallest absolute Gasteiger partial charge is 0.270 e. The monoisotopic (exact) mass is 322 g/mol. The van der Waals surface area contributed by atoms with Gasteiger partial charge in [-0.1, -0.05) is 22.0 Å². The van der Waals surface area contributed by atoms with Crippen LogP contribution in [0.4, 0.5) is 0 Å². The number of nitrogens with zero attached hydrogens (tertiary/aromatic N) is 1. The quantitative estimate of drug-likeness (QED) is 0.892. The van der Waals surface area contributed by atoms with E-state index in [1.807, 2.05) is 24.3 Å². The third-order valence-electron chi connectivity index (χ3n) is 3.67. The van der Waals surface area contributed by atoms with Gasteiger partial charge in [0.15, 0.2) is 0 Å². The number of carbonyl (C=O) groups is 1. The van der Waals surface area contributed by atoms with Crippen LogP contribution in [-0.4, -0.2) is 40.6 Å². The molecule has 2 aromatic rings. The maximum atomic E-state index is 12.4. The summed E-state index contributed by atoms with van der Waals surface area (Å²) in [6, 6.07) is 7.74. The van der Waals surface area contributed by atoms with Crippen molar-refractivity contribution in [1.82, 2.24) is 9.88 Å². The number of nitrogens with one attached hydrogen (secondary N) is 1. The van der Waals surface area contributed by atoms with E-state index in [1.54, 1.807) is 4.90 Å². The molecule has 0 radical (unpaired) electrons. The van der Waals surface area contributed by atoms with Crippen molar-refractivity contribution in [2.75, 3.05) is 19.7 Å². The third kappa shape index (κ3) is 2.28. The highest BCUT2D eigenvalue weighted by atomic mass is 79.9. The Kier molecular flexibility index (Phi) is 3.33. The molecule has 2 N–H and O–H groups in total. The van der Waals surface area contributed by atoms with Gasteiger partial charge in [0.2, 0.25) is 0 Å². The molecule has 1 aliphatic heterocycles. The first-order chi connectivity index (χ1) is 9.19. The number of hydrogen-bond donors (Lipinski definition) is 2. The summed E-state index contributed by atoms with van der Waals surface area (Å²) in [7, 11) is 0. The fraction of sp³-hybridized carbons (Fsp3) is 0.357. The Bertz CT molecular complexity index is 623. The molecular weight excluding hydrogens is 308 g/mol. The first-order valence-electron chi connectivity index (χ1n) is 6.36. The van der Waals surface area contributed by atoms with Crippen LogP contribution in [0.5, 0.6) is 0 Å². The van der Waals surface area contributed by atoms with Crippen LogP contribution in [0.15, 0.2) is 28.7 Å². The van der Waals surface area contributed by atoms with Gasteiger partial charge in [0.25, 0.3) is 5.91 Å². The van der Waals surface area contributed by atoms with E-state index in [-0.39, 0.29) is 18.4 Å². The largest absolute Gasteiger partial charge is 0.396 e. The minimum atomic E-state index is 0.0130. The van der Waals surface area contributed by atoms with Crippen LogP contribution in [0.25, 0.3) is 10.9 Å². The zero-order chi connectivity index (χ0) is 13.4. The summed E-state index contributed by atoms with van der Waals surface area (Å²) >= 11 is 3.49. The highest BCUT2D eigenvalue weighted by molar-refractivity contribution is 9.10. The van der Waals surface area contributed by atoms with Crippen molar-refractivity contribution in [3.05, 3.63) is 34.4 Å². The molecule has 4 nitrogen and oxygen atoms in total. The van der Waals surface area contributed by atoms with Gasteiger partial charge in [-0.25, -0.2) is 0 Å². The standard InChI is InChI=1S/C14H15BrN2O2/c15-11-2-1-3-12-10(11)6-13(16-12)14(19)17-5-4-9(7-17)8-18/h1-3,6,9,16,18H,4-5,7-8H2. The minimum Gasteiger partial charge on any atom is -0.396 e. The molecule has 1 unspecified atom stereocenters. The number of aliphatic hydroxyl groups is 1. The number of fused-ring (bicyclic) bond motifs is 1. The highest BCUT2D eigenvalue weighted by Gasteiger charge is 2.27. The van der Waals surface area contributed by atoms with Crippen LogP contribution in [0.3, 0.4) is 0 Å². The number of rotatable bonds is 2. The van der Waals surface area contributed by atoms with Crippen molar-refractivity contribution < 1.29 is 9.90 Å². The number of amides is 1. The molecule has 1 aromatic carbocycles. The Hall–Kier alpha value is -1.33. The van der Waals surface area contributed by atoms with E-state index in [0.717, 1.165) is 28.3 Å². The fourth-order valence-corrected chi connectivity index (χ4v) is 3.05. The van der Waals surface area contributed by atoms with E-state index in [9.17, 15) is 4.79 Å². The molecule has 1 fully saturated rings. The van der Waals surface area contributed by atoms with E-state index < -0.39 is 0 Å². The number of H-pyrrole nitrogens is 1. The number of halogens is 1. The number of aliphatic hydroxyl groups excluding tert-OH is 1. The first-order valence-corrected chi connectivity index (χ1v) is 7.15. The van der Waals surface area contributed by atoms with Crippen molar-refractivity contribution in [1.29, 1.82) is 0 Å². The topological polar surface area (TPSA) is 56.3 Å². The Balaban J connectivity index is 1.88. The van der Waals surface area contributed by atoms with Gasteiger partial charge in [0, 0.05) is 41.0 Å². The molecule has 3 rings (SSSR count). The third-order valence-corrected chi connectivity index (χ3v) is 4.36. The van der Waals surface area contributed by atoms with Crippen LogP contribution in [-0.2, 0) is 0 Å². The molecule has 0 spiro atoms. The average molecular weight is 323 g/mol. The molecule has 2 heterocycles. The lowest BCUT2D eigenvalue weighted by molar-refractivity contribution is 0.0777. The van der Waals surface area contributed by atoms with Crippen molar-refractivity contribution in [2.24, 2.45) is 5.92 Å². The maximum absolute atomic E-state index is 12.4. The van der Waals surface area contributed by atoms with Crippen LogP contribution in [0, 0.1) is 5.92 Å². The zero-order valence-corrected chi connectivity index (χ0v) is 12.0. The summed E-state index contributed by atoms with van der Waals surface area (Å²) in [6.45, 7) is 1.52. The molecule has 0 aliphatic carbocycles. The van der Waals surface area contributed by atoms with Crippen molar-refractivity contribution in [2.45, 2.75) is 6.42 Å². The van der Waals surface area contributed by atoms with Crippen LogP contribution < -0.4 is 0 Å². The Morgan fingerprint density at radius 2 is 2.37 bits per heavy atom. The summed E-state index contributed by atoms with van der Waals surface area (Å²) in [5, 5.41) is 10.2. The zero-order valence-electron chi connectivity index (χ0n) is 10.4. The predicted octanol–water partition coefficient (Wildman–Crippen LogP) is 2.38. The Morgan fingerprint density at radius 1 is 1.53 bits per heavy atom. The average Bonchev–Trinajstić information content (AvgIpc) is 3.05. The second-order valence-corrected chi connectivity index (χ2v) is 5.83. The van der Waals surface area contributed by atoms with Gasteiger partial charge < -0.3 is 15.0 Å². The van der Waals surface area contributed by atoms with Gasteiger partial charge in [-0.05, 0) is 24.6 Å². The normalized spacial score (nSPS) is 19.3. The number of likely N-dealkylation sites (tertiary alicyclic amines) is 1. The maximum Gasteiger partial charge on any atom is 0.270 e. The van der Waals surface area contributed by atoms with Gasteiger partial charge >= 0.3 is 0 Å². The Morgan fingerprint density at radius 3 is 3.05 bits per heavy atom. The molecular formula is C14H15BrN2O2. The van der Waals surface area contributed by atoms with Gasteiger partial charge in [-0.2, -0.15) is 0 Å². The summed E-state index contributed by atoms with van der Waals surface area (Å²) in [6.07, 6.45) is 0.881. The van der Waals surface area contributed by atoms with Gasteiger partial charge in [0.1, 0.15) is 5.69 Å². The fourth-order valence-electron chi connectivity index (χ4n) is 2.57. The molecule has 0 bridgehead atoms. The summed E-state index contributed by atoms with van der Waals surface area (Å²) in [5.41, 5.74) is 1.57. The van der Waals surface area contributed by atoms with Crippen LogP contribution in [0.1, 0.15) is 16.9 Å². The van der Waals surface area contributed by atoms with Crippen molar-refractivity contribution in [3.8, 4) is 0 Å². The molecule has 100 valence electrons. The lowest BCUT2D eigenvalue weighted by atomic mass is 10.1. The lowest BCUT2D eigenvalue weighted by Gasteiger charge is -2.14. The molecule has 19 heavy (non-hydrogen) atoms. The molecule has 1 saturated heterocycles. The van der Waals surface area contributed by atoms with Crippen LogP contribution in [0.2, 0.25) is 0 Å². The molecule has 1 amide bonds. The van der Waals surface area contributed by atoms with Crippen molar-refractivity contribution in [3.63, 3.8) is 0 Å². The predicted molar refractivity (Wildman–Crippen MR) is 77.1 cm³/mol. The van der Waals surface area contributed by atoms with Gasteiger partial charge in [0.05, 0.1) is 0 Å². The summed E-state index contributed by atoms with van der Waals surface area (Å²) < 4.78 is 0.981. The SMILES string of the molecule is O=C(c1cc2c(Br)cccc2[nH]1)N1CCC(CO)C1. The molecule has 1 atom stereocenters. The number of hydrogen-bond acceptors (Lipinski definition) is 2. The van der Waals surface area contributed by atoms with Gasteiger partial charge in [-0.15, -0.1) is 0 Å². The minimum absolute atomic E-state index is 0.0130. The number of aromatic nitrogens is 1. The van der Waals surface area contributed by atoms with E-state index in [1.165, 1.54) is 0 Å². The van der Waals surface area contributed by atoms with E-state index in [4.69, 9.17) is 5.11 Å². The van der Waals surface area contributed by atoms with E-state index in [0.29, 0.717) is 12.2 Å². The molecule has 0 saturated carbocycles. The second kappa shape index (κ2) is 4.98. The number of benzene rings is 1. The second-order valence-electron chi connectivity index (χ2n) is 4.97. The first kappa shape index (κ1) is 12.7. The number of carbonyl (C=O) groups excluding carboxylic acids is 1. The van der Waals surface area contributed by atoms with Gasteiger partial charge in [-0.3, -0.25) is 4.79 Å². The summed E-state index contributed by atoms with van der Waals surface area (Å²) in [5.74, 6) is 0.235. The molecule has 1 aliphatic rings. The highest BCUT2D eigenvalue weighted by Crippen LogP contribution is 2.26. The van der Waals surface area contributed by atoms with Crippen molar-refractivity contribution >= 4 is 32.7 Å². The lowest BCUT2D eigenvalue weighted by Crippen LogP contribution is -2.29. The van der Waals surface area contributed by atoms with E-state index in [2.05, 4.69) is 20.9 Å². The Labute approximate surface area is 119 Å². The summed E-state index contributed by atoms with van der Waals surface area (Å²) in [4.78, 5) is 17.4.